The summed E-state index contributed by atoms with van der Waals surface area (Å²) in [5.41, 5.74) is 3.34. The lowest BCUT2D eigenvalue weighted by molar-refractivity contribution is -0.121. The number of carbonyl (C=O) groups is 3. The third kappa shape index (κ3) is 3.28. The van der Waals surface area contributed by atoms with Gasteiger partial charge in [-0.1, -0.05) is 60.1 Å². The van der Waals surface area contributed by atoms with E-state index >= 15 is 0 Å². The molecule has 4 atom stereocenters. The van der Waals surface area contributed by atoms with Crippen molar-refractivity contribution >= 4 is 57.4 Å². The number of Topliss-reactive ketones (excluding diaryl/α,β-unsaturated/α-hetero) is 2. The molecule has 4 aromatic rings. The van der Waals surface area contributed by atoms with Gasteiger partial charge in [0.1, 0.15) is 11.5 Å². The lowest BCUT2D eigenvalue weighted by Crippen LogP contribution is -2.51. The van der Waals surface area contributed by atoms with E-state index in [4.69, 9.17) is 11.6 Å². The number of amides is 1. The predicted octanol–water partition coefficient (Wildman–Crippen LogP) is 6.65. The number of ketones is 2. The van der Waals surface area contributed by atoms with Gasteiger partial charge in [-0.2, -0.15) is 0 Å². The Labute approximate surface area is 234 Å². The lowest BCUT2D eigenvalue weighted by atomic mass is 9.64. The molecule has 0 aliphatic carbocycles. The SMILES string of the molecule is CC1=C[C@H]2N(c3ccccc31)[C@@H](C(=O)c1cccs1)[C@@H](C(=O)c1ccc(Cl)cc1)[C@]21C(=O)Nc2ccccc21. The van der Waals surface area contributed by atoms with Crippen LogP contribution in [0.25, 0.3) is 5.57 Å². The second-order valence-corrected chi connectivity index (χ2v) is 11.6. The Morgan fingerprint density at radius 1 is 0.923 bits per heavy atom. The van der Waals surface area contributed by atoms with Crippen LogP contribution in [0.1, 0.15) is 38.1 Å². The monoisotopic (exact) mass is 550 g/mol. The summed E-state index contributed by atoms with van der Waals surface area (Å²) in [6, 6.07) is 24.3. The molecule has 7 heteroatoms. The Bertz CT molecular complexity index is 1690. The molecule has 3 aliphatic rings. The van der Waals surface area contributed by atoms with Crippen molar-refractivity contribution in [3.63, 3.8) is 0 Å². The summed E-state index contributed by atoms with van der Waals surface area (Å²) in [7, 11) is 0. The number of rotatable bonds is 4. The zero-order chi connectivity index (χ0) is 26.9. The second-order valence-electron chi connectivity index (χ2n) is 10.2. The van der Waals surface area contributed by atoms with Crippen LogP contribution >= 0.6 is 22.9 Å². The molecule has 3 aliphatic heterocycles. The largest absolute Gasteiger partial charge is 0.352 e. The molecule has 3 aromatic carbocycles. The number of hydrogen-bond acceptors (Lipinski definition) is 5. The van der Waals surface area contributed by atoms with E-state index in [1.807, 2.05) is 71.8 Å². The van der Waals surface area contributed by atoms with Crippen molar-refractivity contribution in [1.29, 1.82) is 0 Å². The van der Waals surface area contributed by atoms with E-state index in [-0.39, 0.29) is 17.5 Å². The van der Waals surface area contributed by atoms with Gasteiger partial charge in [-0.3, -0.25) is 14.4 Å². The van der Waals surface area contributed by atoms with Gasteiger partial charge < -0.3 is 10.2 Å². The average Bonchev–Trinajstić information content (AvgIpc) is 3.66. The first-order valence-corrected chi connectivity index (χ1v) is 14.0. The fraction of sp³-hybridized carbons (Fsp3) is 0.156. The highest BCUT2D eigenvalue weighted by Gasteiger charge is 2.70. The number of anilines is 2. The summed E-state index contributed by atoms with van der Waals surface area (Å²) >= 11 is 7.51. The predicted molar refractivity (Wildman–Crippen MR) is 155 cm³/mol. The van der Waals surface area contributed by atoms with Crippen molar-refractivity contribution in [3.8, 4) is 0 Å². The van der Waals surface area contributed by atoms with Crippen LogP contribution in [-0.2, 0) is 10.2 Å². The van der Waals surface area contributed by atoms with Crippen molar-refractivity contribution in [3.05, 3.63) is 123 Å². The van der Waals surface area contributed by atoms with E-state index < -0.39 is 23.4 Å². The molecule has 0 saturated carbocycles. The number of nitrogens with zero attached hydrogens (tertiary/aromatic N) is 1. The fourth-order valence-electron chi connectivity index (χ4n) is 6.75. The van der Waals surface area contributed by atoms with Gasteiger partial charge in [0.05, 0.1) is 16.8 Å². The smallest absolute Gasteiger partial charge is 0.238 e. The minimum atomic E-state index is -1.32. The number of para-hydroxylation sites is 2. The zero-order valence-electron chi connectivity index (χ0n) is 20.9. The summed E-state index contributed by atoms with van der Waals surface area (Å²) in [6.45, 7) is 2.02. The third-order valence-electron chi connectivity index (χ3n) is 8.33. The maximum Gasteiger partial charge on any atom is 0.238 e. The van der Waals surface area contributed by atoms with Gasteiger partial charge in [0.25, 0.3) is 0 Å². The van der Waals surface area contributed by atoms with Gasteiger partial charge in [-0.25, -0.2) is 0 Å². The summed E-state index contributed by atoms with van der Waals surface area (Å²) < 4.78 is 0. The topological polar surface area (TPSA) is 66.5 Å². The van der Waals surface area contributed by atoms with Gasteiger partial charge in [0.2, 0.25) is 5.91 Å². The van der Waals surface area contributed by atoms with E-state index in [2.05, 4.69) is 11.4 Å². The van der Waals surface area contributed by atoms with Crippen molar-refractivity contribution in [2.75, 3.05) is 10.2 Å². The zero-order valence-corrected chi connectivity index (χ0v) is 22.5. The van der Waals surface area contributed by atoms with E-state index in [0.717, 1.165) is 22.4 Å². The summed E-state index contributed by atoms with van der Waals surface area (Å²) in [5.74, 6) is -1.68. The van der Waals surface area contributed by atoms with Gasteiger partial charge in [-0.15, -0.1) is 11.3 Å². The summed E-state index contributed by atoms with van der Waals surface area (Å²) in [5, 5.41) is 5.43. The van der Waals surface area contributed by atoms with Crippen LogP contribution in [0.3, 0.4) is 0 Å². The molecule has 1 spiro atoms. The maximum absolute atomic E-state index is 14.7. The molecule has 7 rings (SSSR count). The molecule has 1 amide bonds. The van der Waals surface area contributed by atoms with Crippen LogP contribution in [0.15, 0.2) is 96.4 Å². The lowest BCUT2D eigenvalue weighted by Gasteiger charge is -2.39. The Hall–Kier alpha value is -4.00. The van der Waals surface area contributed by atoms with Crippen LogP contribution < -0.4 is 10.2 Å². The average molecular weight is 551 g/mol. The number of carbonyl (C=O) groups excluding carboxylic acids is 3. The number of halogens is 1. The second kappa shape index (κ2) is 8.76. The summed E-state index contributed by atoms with van der Waals surface area (Å²) in [4.78, 5) is 46.1. The van der Waals surface area contributed by atoms with Crippen LogP contribution in [0, 0.1) is 5.92 Å². The van der Waals surface area contributed by atoms with Crippen LogP contribution in [0.4, 0.5) is 11.4 Å². The number of thiophene rings is 1. The number of fused-ring (bicyclic) bond motifs is 6. The molecule has 39 heavy (non-hydrogen) atoms. The number of hydrogen-bond donors (Lipinski definition) is 1. The van der Waals surface area contributed by atoms with Gasteiger partial charge >= 0.3 is 0 Å². The normalized spacial score (nSPS) is 24.6. The highest BCUT2D eigenvalue weighted by molar-refractivity contribution is 7.12. The molecule has 1 aromatic heterocycles. The number of nitrogens with one attached hydrogen (secondary N) is 1. The Morgan fingerprint density at radius 2 is 1.67 bits per heavy atom. The Kier molecular flexibility index (Phi) is 5.41. The molecule has 4 heterocycles. The van der Waals surface area contributed by atoms with Crippen molar-refractivity contribution < 1.29 is 14.4 Å². The fourth-order valence-corrected chi connectivity index (χ4v) is 7.57. The van der Waals surface area contributed by atoms with Crippen molar-refractivity contribution in [1.82, 2.24) is 0 Å². The van der Waals surface area contributed by atoms with Gasteiger partial charge in [0.15, 0.2) is 11.6 Å². The van der Waals surface area contributed by atoms with E-state index in [0.29, 0.717) is 21.2 Å². The summed E-state index contributed by atoms with van der Waals surface area (Å²) in [6.07, 6.45) is 2.06. The van der Waals surface area contributed by atoms with Crippen LogP contribution in [0.2, 0.25) is 5.02 Å². The van der Waals surface area contributed by atoms with Crippen LogP contribution in [-0.4, -0.2) is 29.6 Å². The van der Waals surface area contributed by atoms with Gasteiger partial charge in [-0.05, 0) is 65.9 Å². The quantitative estimate of drug-likeness (QED) is 0.289. The minimum absolute atomic E-state index is 0.167. The molecular weight excluding hydrogens is 528 g/mol. The Morgan fingerprint density at radius 3 is 2.44 bits per heavy atom. The highest BCUT2D eigenvalue weighted by atomic mass is 35.5. The molecule has 5 nitrogen and oxygen atoms in total. The molecular formula is C32H23ClN2O3S. The maximum atomic E-state index is 14.7. The Balaban J connectivity index is 1.56. The molecule has 0 bridgehead atoms. The number of benzene rings is 3. The first-order valence-electron chi connectivity index (χ1n) is 12.8. The molecule has 1 N–H and O–H groups in total. The van der Waals surface area contributed by atoms with E-state index in [9.17, 15) is 14.4 Å². The third-order valence-corrected chi connectivity index (χ3v) is 9.46. The van der Waals surface area contributed by atoms with Crippen molar-refractivity contribution in [2.24, 2.45) is 5.92 Å². The standard InChI is InChI=1S/C32H23ClN2O3S/c1-18-17-26-32(22-8-3-4-9-23(22)34-31(32)38)27(29(36)19-12-14-20(33)15-13-19)28(30(37)25-11-6-16-39-25)35(26)24-10-5-2-7-21(18)24/h2-17,26-28H,1H3,(H,34,38)/t26-,27+,28-,32-/m1/s1. The first kappa shape index (κ1) is 24.1. The molecule has 1 fully saturated rings. The van der Waals surface area contributed by atoms with E-state index in [1.54, 1.807) is 30.3 Å². The molecule has 0 unspecified atom stereocenters. The van der Waals surface area contributed by atoms with Crippen molar-refractivity contribution in [2.45, 2.75) is 24.4 Å². The van der Waals surface area contributed by atoms with E-state index in [1.165, 1.54) is 11.3 Å². The van der Waals surface area contributed by atoms with Gasteiger partial charge in [0, 0.05) is 27.5 Å². The first-order chi connectivity index (χ1) is 18.9. The van der Waals surface area contributed by atoms with Crippen LogP contribution in [0.5, 0.6) is 0 Å². The minimum Gasteiger partial charge on any atom is -0.352 e. The number of allylic oxidation sites excluding steroid dienone is 1. The highest BCUT2D eigenvalue weighted by Crippen LogP contribution is 2.58. The molecule has 192 valence electrons. The molecule has 1 saturated heterocycles. The molecule has 0 radical (unpaired) electrons.